The average molecular weight is 379 g/mol. The van der Waals surface area contributed by atoms with Gasteiger partial charge < -0.3 is 15.4 Å². The zero-order chi connectivity index (χ0) is 20.1. The molecule has 8 heteroatoms. The molecule has 0 saturated carbocycles. The molecule has 2 aromatic carbocycles. The van der Waals surface area contributed by atoms with Crippen LogP contribution in [0.3, 0.4) is 0 Å². The Morgan fingerprint density at radius 3 is 2.32 bits per heavy atom. The van der Waals surface area contributed by atoms with E-state index in [1.807, 2.05) is 51.1 Å². The fourth-order valence-corrected chi connectivity index (χ4v) is 2.90. The van der Waals surface area contributed by atoms with Gasteiger partial charge in [0, 0.05) is 5.69 Å². The molecule has 1 heterocycles. The molecule has 0 atom stereocenters. The molecule has 0 fully saturated rings. The number of aromatic nitrogens is 2. The van der Waals surface area contributed by atoms with Crippen LogP contribution >= 0.6 is 0 Å². The van der Waals surface area contributed by atoms with E-state index >= 15 is 0 Å². The summed E-state index contributed by atoms with van der Waals surface area (Å²) in [6.45, 7) is 6.27. The molecule has 8 nitrogen and oxygen atoms in total. The van der Waals surface area contributed by atoms with E-state index in [1.54, 1.807) is 12.1 Å². The van der Waals surface area contributed by atoms with Crippen molar-refractivity contribution >= 4 is 28.7 Å². The third-order valence-electron chi connectivity index (χ3n) is 3.93. The Morgan fingerprint density at radius 2 is 1.68 bits per heavy atom. The molecule has 0 radical (unpaired) electrons. The summed E-state index contributed by atoms with van der Waals surface area (Å²) < 4.78 is 5.57. The molecule has 1 aromatic heterocycles. The zero-order valence-electron chi connectivity index (χ0n) is 15.9. The van der Waals surface area contributed by atoms with Crippen molar-refractivity contribution in [3.8, 4) is 5.75 Å². The zero-order valence-corrected chi connectivity index (χ0v) is 15.9. The van der Waals surface area contributed by atoms with Crippen LogP contribution < -0.4 is 15.4 Å². The van der Waals surface area contributed by atoms with Crippen molar-refractivity contribution in [2.24, 2.45) is 0 Å². The Hall–Kier alpha value is -3.68. The van der Waals surface area contributed by atoms with Gasteiger partial charge in [-0.2, -0.15) is 0 Å². The molecule has 0 amide bonds. The molecule has 144 valence electrons. The summed E-state index contributed by atoms with van der Waals surface area (Å²) in [5.41, 5.74) is 3.16. The highest BCUT2D eigenvalue weighted by atomic mass is 16.6. The summed E-state index contributed by atoms with van der Waals surface area (Å²) in [6, 6.07) is 13.0. The van der Waals surface area contributed by atoms with Crippen LogP contribution in [-0.2, 0) is 0 Å². The molecule has 0 aliphatic rings. The van der Waals surface area contributed by atoms with Crippen LogP contribution in [0.25, 0.3) is 0 Å². The number of aryl methyl sites for hydroxylation is 2. The number of hydrogen-bond donors (Lipinski definition) is 2. The fourth-order valence-electron chi connectivity index (χ4n) is 2.90. The minimum atomic E-state index is -0.503. The molecule has 0 unspecified atom stereocenters. The van der Waals surface area contributed by atoms with Gasteiger partial charge in [-0.05, 0) is 56.2 Å². The van der Waals surface area contributed by atoms with Gasteiger partial charge in [0.25, 0.3) is 0 Å². The van der Waals surface area contributed by atoms with Crippen LogP contribution in [0.5, 0.6) is 5.75 Å². The largest absolute Gasteiger partial charge is 0.492 e. The van der Waals surface area contributed by atoms with Gasteiger partial charge in [0.05, 0.1) is 17.2 Å². The van der Waals surface area contributed by atoms with Crippen LogP contribution in [0.2, 0.25) is 0 Å². The second kappa shape index (κ2) is 8.34. The molecule has 0 bridgehead atoms. The molecule has 0 saturated heterocycles. The predicted molar refractivity (Wildman–Crippen MR) is 109 cm³/mol. The maximum atomic E-state index is 11.8. The topological polar surface area (TPSA) is 102 Å². The minimum Gasteiger partial charge on any atom is -0.492 e. The summed E-state index contributed by atoms with van der Waals surface area (Å²) in [6.07, 6.45) is 1.28. The first-order valence-electron chi connectivity index (χ1n) is 8.81. The number of nitrogens with one attached hydrogen (secondary N) is 2. The van der Waals surface area contributed by atoms with Crippen LogP contribution in [-0.4, -0.2) is 21.5 Å². The second-order valence-corrected chi connectivity index (χ2v) is 6.23. The van der Waals surface area contributed by atoms with E-state index in [9.17, 15) is 10.1 Å². The van der Waals surface area contributed by atoms with E-state index in [0.29, 0.717) is 18.0 Å². The SMILES string of the molecule is CCOc1ccccc1Nc1ncnc(Nc2cc(C)cc(C)c2)c1[N+](=O)[O-]. The van der Waals surface area contributed by atoms with Crippen molar-refractivity contribution in [3.63, 3.8) is 0 Å². The monoisotopic (exact) mass is 379 g/mol. The number of nitro groups is 1. The van der Waals surface area contributed by atoms with Crippen molar-refractivity contribution in [2.45, 2.75) is 20.8 Å². The van der Waals surface area contributed by atoms with E-state index in [0.717, 1.165) is 16.8 Å². The average Bonchev–Trinajstić information content (AvgIpc) is 2.62. The predicted octanol–water partition coefficient (Wildman–Crippen LogP) is 4.89. The normalized spacial score (nSPS) is 10.4. The van der Waals surface area contributed by atoms with Crippen LogP contribution in [0.4, 0.5) is 28.7 Å². The van der Waals surface area contributed by atoms with Crippen LogP contribution in [0, 0.1) is 24.0 Å². The summed E-state index contributed by atoms with van der Waals surface area (Å²) >= 11 is 0. The molecule has 2 N–H and O–H groups in total. The Labute approximate surface area is 162 Å². The summed E-state index contributed by atoms with van der Waals surface area (Å²) in [5.74, 6) is 0.780. The molecule has 0 spiro atoms. The Kier molecular flexibility index (Phi) is 5.69. The quantitative estimate of drug-likeness (QED) is 0.445. The van der Waals surface area contributed by atoms with Crippen LogP contribution in [0.15, 0.2) is 48.8 Å². The van der Waals surface area contributed by atoms with E-state index < -0.39 is 4.92 Å². The lowest BCUT2D eigenvalue weighted by Gasteiger charge is -2.13. The van der Waals surface area contributed by atoms with Crippen molar-refractivity contribution in [3.05, 3.63) is 70.0 Å². The molecule has 0 aliphatic heterocycles. The first-order chi connectivity index (χ1) is 13.5. The van der Waals surface area contributed by atoms with Crippen molar-refractivity contribution < 1.29 is 9.66 Å². The minimum absolute atomic E-state index is 0.0824. The Bertz CT molecular complexity index is 987. The summed E-state index contributed by atoms with van der Waals surface area (Å²) in [4.78, 5) is 19.4. The highest BCUT2D eigenvalue weighted by Crippen LogP contribution is 2.35. The molecular weight excluding hydrogens is 358 g/mol. The fraction of sp³-hybridized carbons (Fsp3) is 0.200. The van der Waals surface area contributed by atoms with E-state index in [1.165, 1.54) is 6.33 Å². The van der Waals surface area contributed by atoms with Crippen molar-refractivity contribution in [2.75, 3.05) is 17.2 Å². The smallest absolute Gasteiger partial charge is 0.353 e. The van der Waals surface area contributed by atoms with Crippen LogP contribution in [0.1, 0.15) is 18.1 Å². The number of benzene rings is 2. The lowest BCUT2D eigenvalue weighted by molar-refractivity contribution is -0.383. The number of nitrogens with zero attached hydrogens (tertiary/aromatic N) is 3. The first-order valence-corrected chi connectivity index (χ1v) is 8.81. The molecular formula is C20H21N5O3. The van der Waals surface area contributed by atoms with E-state index in [2.05, 4.69) is 20.6 Å². The third kappa shape index (κ3) is 4.35. The third-order valence-corrected chi connectivity index (χ3v) is 3.93. The van der Waals surface area contributed by atoms with Crippen molar-refractivity contribution in [1.29, 1.82) is 0 Å². The maximum Gasteiger partial charge on any atom is 0.353 e. The second-order valence-electron chi connectivity index (χ2n) is 6.23. The highest BCUT2D eigenvalue weighted by molar-refractivity contribution is 5.78. The van der Waals surface area contributed by atoms with Gasteiger partial charge in [-0.3, -0.25) is 10.1 Å². The molecule has 0 aliphatic carbocycles. The standard InChI is InChI=1S/C20H21N5O3/c1-4-28-17-8-6-5-7-16(17)24-20-18(25(26)27)19(21-12-22-20)23-15-10-13(2)9-14(3)11-15/h5-12H,4H2,1-3H3,(H2,21,22,23,24). The lowest BCUT2D eigenvalue weighted by atomic mass is 10.1. The van der Waals surface area contributed by atoms with Gasteiger partial charge in [0.2, 0.25) is 11.6 Å². The van der Waals surface area contributed by atoms with Crippen molar-refractivity contribution in [1.82, 2.24) is 9.97 Å². The summed E-state index contributed by atoms with van der Waals surface area (Å²) in [5, 5.41) is 17.8. The Morgan fingerprint density at radius 1 is 1.04 bits per heavy atom. The molecule has 28 heavy (non-hydrogen) atoms. The summed E-state index contributed by atoms with van der Waals surface area (Å²) in [7, 11) is 0. The van der Waals surface area contributed by atoms with E-state index in [4.69, 9.17) is 4.74 Å². The number of hydrogen-bond acceptors (Lipinski definition) is 7. The number of rotatable bonds is 7. The van der Waals surface area contributed by atoms with E-state index in [-0.39, 0.29) is 17.3 Å². The highest BCUT2D eigenvalue weighted by Gasteiger charge is 2.24. The maximum absolute atomic E-state index is 11.8. The number of anilines is 4. The van der Waals surface area contributed by atoms with Gasteiger partial charge in [0.15, 0.2) is 0 Å². The first kappa shape index (κ1) is 19.1. The Balaban J connectivity index is 1.99. The molecule has 3 aromatic rings. The molecule has 3 rings (SSSR count). The van der Waals surface area contributed by atoms with Gasteiger partial charge >= 0.3 is 5.69 Å². The number of ether oxygens (including phenoxy) is 1. The number of para-hydroxylation sites is 2. The van der Waals surface area contributed by atoms with Gasteiger partial charge in [0.1, 0.15) is 12.1 Å². The van der Waals surface area contributed by atoms with Gasteiger partial charge in [-0.15, -0.1) is 0 Å². The van der Waals surface area contributed by atoms with Gasteiger partial charge in [-0.25, -0.2) is 9.97 Å². The lowest BCUT2D eigenvalue weighted by Crippen LogP contribution is -2.06. The van der Waals surface area contributed by atoms with Gasteiger partial charge in [-0.1, -0.05) is 18.2 Å².